The van der Waals surface area contributed by atoms with E-state index in [1.54, 1.807) is 11.0 Å². The lowest BCUT2D eigenvalue weighted by Gasteiger charge is -2.20. The first kappa shape index (κ1) is 15.8. The molecule has 128 valence electrons. The second-order valence-electron chi connectivity index (χ2n) is 6.22. The molecule has 1 amide bonds. The van der Waals surface area contributed by atoms with Crippen LogP contribution in [0.1, 0.15) is 21.1 Å². The molecule has 4 rings (SSSR count). The monoisotopic (exact) mass is 367 g/mol. The van der Waals surface area contributed by atoms with E-state index in [0.29, 0.717) is 25.2 Å². The van der Waals surface area contributed by atoms with Crippen LogP contribution in [-0.4, -0.2) is 53.4 Å². The third kappa shape index (κ3) is 2.56. The van der Waals surface area contributed by atoms with E-state index < -0.39 is 15.3 Å². The third-order valence-corrected chi connectivity index (χ3v) is 7.74. The Morgan fingerprint density at radius 2 is 2.25 bits per heavy atom. The SMILES string of the molecule is Cc1nc(CN2C[C@H]3CN(C(=O)c4ccoc4)C[C@H]3S2(=O)=O)cs1. The number of sulfonamides is 1. The minimum absolute atomic E-state index is 0.0504. The smallest absolute Gasteiger partial charge is 0.257 e. The molecule has 24 heavy (non-hydrogen) atoms. The zero-order valence-electron chi connectivity index (χ0n) is 13.1. The van der Waals surface area contributed by atoms with Crippen molar-refractivity contribution in [1.82, 2.24) is 14.2 Å². The summed E-state index contributed by atoms with van der Waals surface area (Å²) in [5.74, 6) is -0.222. The predicted molar refractivity (Wildman–Crippen MR) is 88.1 cm³/mol. The van der Waals surface area contributed by atoms with Gasteiger partial charge in [-0.25, -0.2) is 13.4 Å². The highest BCUT2D eigenvalue weighted by Crippen LogP contribution is 2.35. The Morgan fingerprint density at radius 3 is 2.88 bits per heavy atom. The van der Waals surface area contributed by atoms with Gasteiger partial charge in [-0.05, 0) is 13.0 Å². The lowest BCUT2D eigenvalue weighted by molar-refractivity contribution is 0.0784. The van der Waals surface area contributed by atoms with Gasteiger partial charge in [0, 0.05) is 30.9 Å². The number of thiazole rings is 1. The number of hydrogen-bond acceptors (Lipinski definition) is 6. The van der Waals surface area contributed by atoms with Crippen LogP contribution in [0.4, 0.5) is 0 Å². The topological polar surface area (TPSA) is 83.7 Å². The quantitative estimate of drug-likeness (QED) is 0.817. The van der Waals surface area contributed by atoms with Gasteiger partial charge in [0.05, 0.1) is 34.3 Å². The van der Waals surface area contributed by atoms with E-state index in [2.05, 4.69) is 4.98 Å². The van der Waals surface area contributed by atoms with E-state index in [-0.39, 0.29) is 18.4 Å². The largest absolute Gasteiger partial charge is 0.472 e. The maximum Gasteiger partial charge on any atom is 0.257 e. The maximum absolute atomic E-state index is 12.8. The molecule has 9 heteroatoms. The van der Waals surface area contributed by atoms with Gasteiger partial charge < -0.3 is 9.32 Å². The molecule has 0 N–H and O–H groups in total. The molecular weight excluding hydrogens is 350 g/mol. The molecule has 0 bridgehead atoms. The van der Waals surface area contributed by atoms with Gasteiger partial charge in [0.2, 0.25) is 10.0 Å². The van der Waals surface area contributed by atoms with Crippen LogP contribution in [0.5, 0.6) is 0 Å². The molecule has 2 aromatic heterocycles. The molecule has 0 radical (unpaired) electrons. The van der Waals surface area contributed by atoms with Gasteiger partial charge in [-0.15, -0.1) is 11.3 Å². The van der Waals surface area contributed by atoms with Crippen molar-refractivity contribution in [1.29, 1.82) is 0 Å². The molecule has 0 spiro atoms. The van der Waals surface area contributed by atoms with Crippen molar-refractivity contribution in [2.45, 2.75) is 18.7 Å². The molecule has 2 aliphatic heterocycles. The maximum atomic E-state index is 12.8. The van der Waals surface area contributed by atoms with Gasteiger partial charge in [0.1, 0.15) is 6.26 Å². The summed E-state index contributed by atoms with van der Waals surface area (Å²) in [7, 11) is -3.41. The summed E-state index contributed by atoms with van der Waals surface area (Å²) in [6, 6.07) is 1.60. The first-order valence-electron chi connectivity index (χ1n) is 7.66. The summed E-state index contributed by atoms with van der Waals surface area (Å²) in [6.45, 7) is 3.36. The van der Waals surface area contributed by atoms with E-state index in [4.69, 9.17) is 4.42 Å². The zero-order chi connectivity index (χ0) is 16.9. The Morgan fingerprint density at radius 1 is 1.42 bits per heavy atom. The summed E-state index contributed by atoms with van der Waals surface area (Å²) in [4.78, 5) is 18.3. The second-order valence-corrected chi connectivity index (χ2v) is 9.43. The van der Waals surface area contributed by atoms with Crippen molar-refractivity contribution >= 4 is 27.3 Å². The molecular formula is C15H17N3O4S2. The van der Waals surface area contributed by atoms with Crippen molar-refractivity contribution in [3.8, 4) is 0 Å². The summed E-state index contributed by atoms with van der Waals surface area (Å²) >= 11 is 1.52. The number of carbonyl (C=O) groups is 1. The average Bonchev–Trinajstić information content (AvgIpc) is 3.28. The lowest BCUT2D eigenvalue weighted by atomic mass is 10.1. The van der Waals surface area contributed by atoms with Gasteiger partial charge in [0.15, 0.2) is 0 Å². The predicted octanol–water partition coefficient (Wildman–Crippen LogP) is 1.33. The lowest BCUT2D eigenvalue weighted by Crippen LogP contribution is -2.36. The Labute approximate surface area is 143 Å². The number of furan rings is 1. The molecule has 2 saturated heterocycles. The van der Waals surface area contributed by atoms with Crippen LogP contribution in [-0.2, 0) is 16.6 Å². The summed E-state index contributed by atoms with van der Waals surface area (Å²) in [5, 5.41) is 2.31. The van der Waals surface area contributed by atoms with Crippen molar-refractivity contribution < 1.29 is 17.6 Å². The van der Waals surface area contributed by atoms with Crippen molar-refractivity contribution in [2.24, 2.45) is 5.92 Å². The molecule has 2 atom stereocenters. The fourth-order valence-electron chi connectivity index (χ4n) is 3.46. The van der Waals surface area contributed by atoms with Crippen LogP contribution >= 0.6 is 11.3 Å². The zero-order valence-corrected chi connectivity index (χ0v) is 14.7. The summed E-state index contributed by atoms with van der Waals surface area (Å²) in [5.41, 5.74) is 1.24. The fraction of sp³-hybridized carbons (Fsp3) is 0.467. The second kappa shape index (κ2) is 5.68. The number of hydrogen-bond donors (Lipinski definition) is 0. The highest BCUT2D eigenvalue weighted by molar-refractivity contribution is 7.90. The Kier molecular flexibility index (Phi) is 3.74. The highest BCUT2D eigenvalue weighted by atomic mass is 32.2. The first-order valence-corrected chi connectivity index (χ1v) is 10.0. The van der Waals surface area contributed by atoms with Crippen LogP contribution < -0.4 is 0 Å². The third-order valence-electron chi connectivity index (χ3n) is 4.62. The van der Waals surface area contributed by atoms with E-state index in [0.717, 1.165) is 10.7 Å². The molecule has 0 aliphatic carbocycles. The number of aryl methyl sites for hydroxylation is 1. The molecule has 2 fully saturated rings. The van der Waals surface area contributed by atoms with E-state index in [1.165, 1.54) is 28.2 Å². The van der Waals surface area contributed by atoms with Crippen molar-refractivity contribution in [3.05, 3.63) is 40.2 Å². The molecule has 0 saturated carbocycles. The van der Waals surface area contributed by atoms with E-state index in [9.17, 15) is 13.2 Å². The first-order chi connectivity index (χ1) is 11.4. The fourth-order valence-corrected chi connectivity index (χ4v) is 6.19. The Balaban J connectivity index is 1.49. The number of likely N-dealkylation sites (tertiary alicyclic amines) is 1. The van der Waals surface area contributed by atoms with Gasteiger partial charge in [-0.3, -0.25) is 4.79 Å². The molecule has 2 aromatic rings. The number of nitrogens with zero attached hydrogens (tertiary/aromatic N) is 3. The number of carbonyl (C=O) groups excluding carboxylic acids is 1. The Bertz CT molecular complexity index is 859. The van der Waals surface area contributed by atoms with Crippen LogP contribution in [0.15, 0.2) is 28.4 Å². The normalized spacial score (nSPS) is 26.0. The van der Waals surface area contributed by atoms with Gasteiger partial charge >= 0.3 is 0 Å². The molecule has 4 heterocycles. The standard InChI is InChI=1S/C15H17N3O4S2/c1-10-16-13(9-23-10)6-18-5-12-4-17(7-14(12)24(18,20)21)15(19)11-2-3-22-8-11/h2-3,8-9,12,14H,4-7H2,1H3/t12-,14-/m1/s1. The molecule has 7 nitrogen and oxygen atoms in total. The van der Waals surface area contributed by atoms with Gasteiger partial charge in [0.25, 0.3) is 5.91 Å². The van der Waals surface area contributed by atoms with Crippen LogP contribution in [0, 0.1) is 12.8 Å². The number of rotatable bonds is 3. The molecule has 0 aromatic carbocycles. The average molecular weight is 367 g/mol. The van der Waals surface area contributed by atoms with Crippen LogP contribution in [0.3, 0.4) is 0 Å². The van der Waals surface area contributed by atoms with Crippen molar-refractivity contribution in [2.75, 3.05) is 19.6 Å². The number of aromatic nitrogens is 1. The Hall–Kier alpha value is -1.71. The highest BCUT2D eigenvalue weighted by Gasteiger charge is 2.52. The summed E-state index contributed by atoms with van der Waals surface area (Å²) in [6.07, 6.45) is 2.83. The number of amides is 1. The molecule has 0 unspecified atom stereocenters. The van der Waals surface area contributed by atoms with E-state index in [1.807, 2.05) is 12.3 Å². The van der Waals surface area contributed by atoms with Crippen LogP contribution in [0.2, 0.25) is 0 Å². The number of fused-ring (bicyclic) bond motifs is 1. The van der Waals surface area contributed by atoms with Gasteiger partial charge in [-0.1, -0.05) is 0 Å². The minimum Gasteiger partial charge on any atom is -0.472 e. The van der Waals surface area contributed by atoms with Crippen LogP contribution in [0.25, 0.3) is 0 Å². The van der Waals surface area contributed by atoms with Gasteiger partial charge in [-0.2, -0.15) is 4.31 Å². The molecule has 2 aliphatic rings. The van der Waals surface area contributed by atoms with E-state index >= 15 is 0 Å². The van der Waals surface area contributed by atoms with Crippen molar-refractivity contribution in [3.63, 3.8) is 0 Å². The minimum atomic E-state index is -3.41. The summed E-state index contributed by atoms with van der Waals surface area (Å²) < 4.78 is 32.0.